The number of hydrogen-bond acceptors (Lipinski definition) is 2. The molecule has 3 aromatic carbocycles. The van der Waals surface area contributed by atoms with Crippen molar-refractivity contribution >= 4 is 38.7 Å². The van der Waals surface area contributed by atoms with Crippen molar-refractivity contribution in [1.29, 1.82) is 0 Å². The molecule has 1 aromatic heterocycles. The van der Waals surface area contributed by atoms with Gasteiger partial charge in [-0.15, -0.1) is 12.4 Å². The van der Waals surface area contributed by atoms with Crippen molar-refractivity contribution in [3.63, 3.8) is 0 Å². The lowest BCUT2D eigenvalue weighted by atomic mass is 10.1. The highest BCUT2D eigenvalue weighted by Crippen LogP contribution is 2.49. The molecule has 0 aliphatic carbocycles. The Morgan fingerprint density at radius 2 is 1.42 bits per heavy atom. The molecule has 0 fully saturated rings. The first kappa shape index (κ1) is 16.5. The number of hydrogen-bond donors (Lipinski definition) is 2. The summed E-state index contributed by atoms with van der Waals surface area (Å²) in [6, 6.07) is 30.0. The van der Waals surface area contributed by atoms with Gasteiger partial charge >= 0.3 is 0 Å². The molecule has 4 heteroatoms. The molecule has 0 saturated heterocycles. The number of hydrazine groups is 1. The minimum absolute atomic E-state index is 0. The zero-order valence-electron chi connectivity index (χ0n) is 13.0. The van der Waals surface area contributed by atoms with Gasteiger partial charge in [-0.05, 0) is 36.4 Å². The third kappa shape index (κ3) is 2.89. The van der Waals surface area contributed by atoms with Crippen LogP contribution in [0.2, 0.25) is 0 Å². The van der Waals surface area contributed by atoms with Crippen LogP contribution in [0, 0.1) is 0 Å². The second-order valence-corrected chi connectivity index (χ2v) is 7.35. The van der Waals surface area contributed by atoms with E-state index in [9.17, 15) is 0 Å². The van der Waals surface area contributed by atoms with Crippen molar-refractivity contribution in [2.45, 2.75) is 0 Å². The molecule has 0 spiro atoms. The number of halogens is 1. The van der Waals surface area contributed by atoms with Crippen LogP contribution < -0.4 is 11.3 Å². The zero-order chi connectivity index (χ0) is 15.6. The normalized spacial score (nSPS) is 11.1. The Hall–Kier alpha value is -2.33. The fourth-order valence-corrected chi connectivity index (χ4v) is 5.22. The average Bonchev–Trinajstić information content (AvgIpc) is 3.01. The summed E-state index contributed by atoms with van der Waals surface area (Å²) in [4.78, 5) is 2.70. The standard InChI is InChI=1S/C20H17N2S.ClH/c21-22-17-11-12-19-16(13-17)14-20(15-7-3-1-4-8-15)23(19)18-9-5-2-6-10-18;/h1-14,22H,21H2;1H/q+1;. The fourth-order valence-electron chi connectivity index (χ4n) is 2.87. The van der Waals surface area contributed by atoms with Gasteiger partial charge in [0.2, 0.25) is 0 Å². The first-order chi connectivity index (χ1) is 11.4. The minimum Gasteiger partial charge on any atom is -0.324 e. The van der Waals surface area contributed by atoms with Crippen molar-refractivity contribution < 1.29 is 0 Å². The van der Waals surface area contributed by atoms with Gasteiger partial charge in [-0.2, -0.15) is 0 Å². The number of nitrogen functional groups attached to an aromatic ring is 1. The summed E-state index contributed by atoms with van der Waals surface area (Å²) in [5.74, 6) is 5.57. The van der Waals surface area contributed by atoms with E-state index in [4.69, 9.17) is 5.84 Å². The highest BCUT2D eigenvalue weighted by Gasteiger charge is 2.24. The van der Waals surface area contributed by atoms with E-state index in [-0.39, 0.29) is 22.9 Å². The molecule has 1 heterocycles. The first-order valence-electron chi connectivity index (χ1n) is 7.54. The Labute approximate surface area is 150 Å². The minimum atomic E-state index is -0.0721. The summed E-state index contributed by atoms with van der Waals surface area (Å²) in [6.45, 7) is 0. The topological polar surface area (TPSA) is 38.0 Å². The van der Waals surface area contributed by atoms with Gasteiger partial charge in [-0.1, -0.05) is 36.4 Å². The van der Waals surface area contributed by atoms with E-state index in [1.54, 1.807) is 0 Å². The molecule has 3 N–H and O–H groups in total. The van der Waals surface area contributed by atoms with Gasteiger partial charge < -0.3 is 5.43 Å². The number of benzene rings is 3. The maximum atomic E-state index is 5.57. The molecular formula is C20H18ClN2S+. The van der Waals surface area contributed by atoms with E-state index < -0.39 is 0 Å². The Balaban J connectivity index is 0.00000169. The molecule has 0 aliphatic rings. The van der Waals surface area contributed by atoms with Gasteiger partial charge in [0.05, 0.1) is 0 Å². The maximum Gasteiger partial charge on any atom is 0.187 e. The summed E-state index contributed by atoms with van der Waals surface area (Å²) in [5, 5.41) is 1.24. The molecule has 1 atom stereocenters. The molecule has 0 bridgehead atoms. The highest BCUT2D eigenvalue weighted by atomic mass is 35.5. The smallest absolute Gasteiger partial charge is 0.187 e. The SMILES string of the molecule is Cl.NNc1ccc2c(c1)cc(-c1ccccc1)[s+]2-c1ccccc1. The van der Waals surface area contributed by atoms with Crippen LogP contribution in [-0.4, -0.2) is 0 Å². The van der Waals surface area contributed by atoms with Crippen molar-refractivity contribution in [3.05, 3.63) is 84.9 Å². The van der Waals surface area contributed by atoms with Crippen molar-refractivity contribution in [2.24, 2.45) is 5.84 Å². The first-order valence-corrected chi connectivity index (χ1v) is 8.76. The molecule has 0 aliphatic heterocycles. The third-order valence-electron chi connectivity index (χ3n) is 3.94. The van der Waals surface area contributed by atoms with Gasteiger partial charge in [0.1, 0.15) is 0 Å². The van der Waals surface area contributed by atoms with Gasteiger partial charge in [-0.25, -0.2) is 0 Å². The van der Waals surface area contributed by atoms with Crippen LogP contribution in [0.1, 0.15) is 0 Å². The number of nitrogens with two attached hydrogens (primary N) is 1. The lowest BCUT2D eigenvalue weighted by Crippen LogP contribution is -2.05. The van der Waals surface area contributed by atoms with E-state index >= 15 is 0 Å². The highest BCUT2D eigenvalue weighted by molar-refractivity contribution is 7.47. The van der Waals surface area contributed by atoms with Crippen molar-refractivity contribution in [1.82, 2.24) is 0 Å². The molecular weight excluding hydrogens is 336 g/mol. The Kier molecular flexibility index (Phi) is 4.86. The molecule has 0 amide bonds. The van der Waals surface area contributed by atoms with Crippen LogP contribution in [-0.2, 0) is 0 Å². The molecule has 1 unspecified atom stereocenters. The van der Waals surface area contributed by atoms with Gasteiger partial charge in [-0.3, -0.25) is 5.84 Å². The van der Waals surface area contributed by atoms with Crippen LogP contribution in [0.4, 0.5) is 5.69 Å². The summed E-state index contributed by atoms with van der Waals surface area (Å²) < 4.78 is 1.36. The molecule has 4 rings (SSSR count). The Morgan fingerprint density at radius 3 is 2.08 bits per heavy atom. The van der Waals surface area contributed by atoms with Gasteiger partial charge in [0.25, 0.3) is 0 Å². The van der Waals surface area contributed by atoms with E-state index in [1.807, 2.05) is 6.07 Å². The summed E-state index contributed by atoms with van der Waals surface area (Å²) in [5.41, 5.74) is 4.95. The molecule has 4 aromatic rings. The predicted octanol–water partition coefficient (Wildman–Crippen LogP) is 5.95. The number of fused-ring (bicyclic) bond motifs is 1. The van der Waals surface area contributed by atoms with Crippen LogP contribution in [0.25, 0.3) is 25.4 Å². The molecule has 0 saturated carbocycles. The summed E-state index contributed by atoms with van der Waals surface area (Å²) in [7, 11) is -0.0721. The lowest BCUT2D eigenvalue weighted by molar-refractivity contribution is 1.36. The number of rotatable bonds is 3. The second-order valence-electron chi connectivity index (χ2n) is 5.39. The number of thiophene rings is 1. The average molecular weight is 354 g/mol. The van der Waals surface area contributed by atoms with Gasteiger partial charge in [0, 0.05) is 39.2 Å². The lowest BCUT2D eigenvalue weighted by Gasteiger charge is -1.99. The number of nitrogens with one attached hydrogen (secondary N) is 1. The van der Waals surface area contributed by atoms with Crippen LogP contribution >= 0.6 is 22.9 Å². The van der Waals surface area contributed by atoms with Crippen molar-refractivity contribution in [3.8, 4) is 15.3 Å². The summed E-state index contributed by atoms with van der Waals surface area (Å²) in [6.07, 6.45) is 0. The van der Waals surface area contributed by atoms with E-state index in [2.05, 4.69) is 84.3 Å². The zero-order valence-corrected chi connectivity index (χ0v) is 14.6. The molecule has 0 radical (unpaired) electrons. The van der Waals surface area contributed by atoms with E-state index in [0.29, 0.717) is 0 Å². The predicted molar refractivity (Wildman–Crippen MR) is 108 cm³/mol. The molecule has 120 valence electrons. The van der Waals surface area contributed by atoms with Crippen LogP contribution in [0.3, 0.4) is 0 Å². The van der Waals surface area contributed by atoms with Gasteiger partial charge in [0.15, 0.2) is 14.5 Å². The monoisotopic (exact) mass is 353 g/mol. The molecule has 2 nitrogen and oxygen atoms in total. The third-order valence-corrected chi connectivity index (χ3v) is 6.29. The maximum absolute atomic E-state index is 5.57. The van der Waals surface area contributed by atoms with Crippen LogP contribution in [0.15, 0.2) is 84.9 Å². The largest absolute Gasteiger partial charge is 0.324 e. The quantitative estimate of drug-likeness (QED) is 0.271. The summed E-state index contributed by atoms with van der Waals surface area (Å²) >= 11 is 0. The fraction of sp³-hybridized carbons (Fsp3) is 0. The second kappa shape index (κ2) is 7.05. The van der Waals surface area contributed by atoms with Crippen molar-refractivity contribution in [2.75, 3.05) is 5.43 Å². The molecule has 24 heavy (non-hydrogen) atoms. The van der Waals surface area contributed by atoms with E-state index in [1.165, 1.54) is 25.4 Å². The van der Waals surface area contributed by atoms with Crippen LogP contribution in [0.5, 0.6) is 0 Å². The Bertz CT molecular complexity index is 949. The number of anilines is 1. The Morgan fingerprint density at radius 1 is 0.750 bits per heavy atom. The van der Waals surface area contributed by atoms with E-state index in [0.717, 1.165) is 5.69 Å².